The lowest BCUT2D eigenvalue weighted by Gasteiger charge is -2.17. The first-order valence-electron chi connectivity index (χ1n) is 3.74. The Balaban J connectivity index is 3.40. The number of rotatable bonds is 5. The van der Waals surface area contributed by atoms with Gasteiger partial charge in [0.1, 0.15) is 0 Å². The SMILES string of the molecule is C=CCNC(C)C(O)CC. The predicted octanol–water partition coefficient (Wildman–Crippen LogP) is 0.921. The maximum atomic E-state index is 9.26. The van der Waals surface area contributed by atoms with E-state index in [1.807, 2.05) is 13.8 Å². The third-order valence-electron chi connectivity index (χ3n) is 1.58. The van der Waals surface area contributed by atoms with Gasteiger partial charge in [-0.15, -0.1) is 6.58 Å². The first-order valence-corrected chi connectivity index (χ1v) is 3.74. The van der Waals surface area contributed by atoms with Crippen molar-refractivity contribution in [3.05, 3.63) is 12.7 Å². The van der Waals surface area contributed by atoms with Crippen molar-refractivity contribution in [3.8, 4) is 0 Å². The molecule has 0 aromatic rings. The van der Waals surface area contributed by atoms with Crippen LogP contribution in [0.1, 0.15) is 20.3 Å². The van der Waals surface area contributed by atoms with Crippen molar-refractivity contribution in [2.45, 2.75) is 32.4 Å². The van der Waals surface area contributed by atoms with Crippen molar-refractivity contribution in [2.24, 2.45) is 0 Å². The van der Waals surface area contributed by atoms with Crippen LogP contribution in [0.3, 0.4) is 0 Å². The lowest BCUT2D eigenvalue weighted by molar-refractivity contribution is 0.132. The summed E-state index contributed by atoms with van der Waals surface area (Å²) in [6.07, 6.45) is 2.35. The lowest BCUT2D eigenvalue weighted by atomic mass is 10.1. The molecule has 0 aliphatic rings. The predicted molar refractivity (Wildman–Crippen MR) is 44.0 cm³/mol. The highest BCUT2D eigenvalue weighted by atomic mass is 16.3. The van der Waals surface area contributed by atoms with Crippen LogP contribution >= 0.6 is 0 Å². The molecule has 0 fully saturated rings. The van der Waals surface area contributed by atoms with Crippen molar-refractivity contribution < 1.29 is 5.11 Å². The normalized spacial score (nSPS) is 16.3. The van der Waals surface area contributed by atoms with Gasteiger partial charge in [-0.1, -0.05) is 13.0 Å². The molecule has 0 aliphatic heterocycles. The van der Waals surface area contributed by atoms with Gasteiger partial charge in [-0.05, 0) is 13.3 Å². The largest absolute Gasteiger partial charge is 0.392 e. The molecule has 2 atom stereocenters. The monoisotopic (exact) mass is 143 g/mol. The van der Waals surface area contributed by atoms with Gasteiger partial charge in [0.25, 0.3) is 0 Å². The Bertz CT molecular complexity index is 93.3. The molecule has 10 heavy (non-hydrogen) atoms. The van der Waals surface area contributed by atoms with Crippen molar-refractivity contribution in [2.75, 3.05) is 6.54 Å². The Kier molecular flexibility index (Phi) is 5.26. The molecule has 0 heterocycles. The van der Waals surface area contributed by atoms with Gasteiger partial charge >= 0.3 is 0 Å². The molecule has 0 amide bonds. The van der Waals surface area contributed by atoms with E-state index in [1.165, 1.54) is 0 Å². The molecule has 0 spiro atoms. The molecule has 0 aliphatic carbocycles. The van der Waals surface area contributed by atoms with Gasteiger partial charge < -0.3 is 10.4 Å². The summed E-state index contributed by atoms with van der Waals surface area (Å²) in [5.41, 5.74) is 0. The van der Waals surface area contributed by atoms with E-state index in [4.69, 9.17) is 0 Å². The smallest absolute Gasteiger partial charge is 0.0687 e. The van der Waals surface area contributed by atoms with Gasteiger partial charge in [-0.25, -0.2) is 0 Å². The van der Waals surface area contributed by atoms with Crippen LogP contribution in [0, 0.1) is 0 Å². The summed E-state index contributed by atoms with van der Waals surface area (Å²) in [6.45, 7) is 8.27. The second-order valence-corrected chi connectivity index (χ2v) is 2.46. The molecule has 2 nitrogen and oxygen atoms in total. The molecule has 2 heteroatoms. The van der Waals surface area contributed by atoms with E-state index in [2.05, 4.69) is 11.9 Å². The fourth-order valence-corrected chi connectivity index (χ4v) is 0.759. The van der Waals surface area contributed by atoms with Gasteiger partial charge in [-0.2, -0.15) is 0 Å². The highest BCUT2D eigenvalue weighted by molar-refractivity contribution is 4.76. The molecule has 0 saturated carbocycles. The van der Waals surface area contributed by atoms with E-state index < -0.39 is 0 Å². The first-order chi connectivity index (χ1) is 4.72. The zero-order chi connectivity index (χ0) is 7.98. The Morgan fingerprint density at radius 1 is 1.70 bits per heavy atom. The van der Waals surface area contributed by atoms with Crippen molar-refractivity contribution in [1.29, 1.82) is 0 Å². The number of hydrogen-bond acceptors (Lipinski definition) is 2. The van der Waals surface area contributed by atoms with Crippen LogP contribution in [-0.2, 0) is 0 Å². The standard InChI is InChI=1S/C8H17NO/c1-4-6-9-7(3)8(10)5-2/h4,7-10H,1,5-6H2,2-3H3. The fraction of sp³-hybridized carbons (Fsp3) is 0.750. The van der Waals surface area contributed by atoms with E-state index in [-0.39, 0.29) is 12.1 Å². The Morgan fingerprint density at radius 2 is 2.30 bits per heavy atom. The zero-order valence-electron chi connectivity index (χ0n) is 6.80. The summed E-state index contributed by atoms with van der Waals surface area (Å²) in [7, 11) is 0. The van der Waals surface area contributed by atoms with Gasteiger partial charge in [0.05, 0.1) is 6.10 Å². The molecule has 0 bridgehead atoms. The molecular weight excluding hydrogens is 126 g/mol. The van der Waals surface area contributed by atoms with Gasteiger partial charge in [0.15, 0.2) is 0 Å². The molecule has 2 unspecified atom stereocenters. The number of hydrogen-bond donors (Lipinski definition) is 2. The third kappa shape index (κ3) is 3.64. The van der Waals surface area contributed by atoms with Crippen LogP contribution < -0.4 is 5.32 Å². The van der Waals surface area contributed by atoms with E-state index in [0.717, 1.165) is 13.0 Å². The van der Waals surface area contributed by atoms with Crippen molar-refractivity contribution in [3.63, 3.8) is 0 Å². The molecule has 60 valence electrons. The van der Waals surface area contributed by atoms with Crippen LogP contribution in [0.15, 0.2) is 12.7 Å². The summed E-state index contributed by atoms with van der Waals surface area (Å²) in [4.78, 5) is 0. The minimum atomic E-state index is -0.236. The average Bonchev–Trinajstić information content (AvgIpc) is 1.98. The second-order valence-electron chi connectivity index (χ2n) is 2.46. The van der Waals surface area contributed by atoms with Crippen molar-refractivity contribution in [1.82, 2.24) is 5.32 Å². The zero-order valence-corrected chi connectivity index (χ0v) is 6.80. The van der Waals surface area contributed by atoms with E-state index in [1.54, 1.807) is 6.08 Å². The molecule has 2 N–H and O–H groups in total. The van der Waals surface area contributed by atoms with Gasteiger partial charge in [0.2, 0.25) is 0 Å². The minimum Gasteiger partial charge on any atom is -0.392 e. The van der Waals surface area contributed by atoms with Crippen LogP contribution in [0.5, 0.6) is 0 Å². The second kappa shape index (κ2) is 5.45. The van der Waals surface area contributed by atoms with E-state index in [9.17, 15) is 5.11 Å². The van der Waals surface area contributed by atoms with Gasteiger partial charge in [-0.3, -0.25) is 0 Å². The Hall–Kier alpha value is -0.340. The van der Waals surface area contributed by atoms with Gasteiger partial charge in [0, 0.05) is 12.6 Å². The number of nitrogens with one attached hydrogen (secondary N) is 1. The quantitative estimate of drug-likeness (QED) is 0.561. The lowest BCUT2D eigenvalue weighted by Crippen LogP contribution is -2.36. The fourth-order valence-electron chi connectivity index (χ4n) is 0.759. The highest BCUT2D eigenvalue weighted by Crippen LogP contribution is 1.95. The van der Waals surface area contributed by atoms with Crippen LogP contribution in [-0.4, -0.2) is 23.8 Å². The van der Waals surface area contributed by atoms with Crippen LogP contribution in [0.4, 0.5) is 0 Å². The third-order valence-corrected chi connectivity index (χ3v) is 1.58. The van der Waals surface area contributed by atoms with E-state index >= 15 is 0 Å². The molecule has 0 saturated heterocycles. The first kappa shape index (κ1) is 9.66. The Morgan fingerprint density at radius 3 is 2.70 bits per heavy atom. The molecule has 0 aromatic carbocycles. The molecule has 0 radical (unpaired) electrons. The summed E-state index contributed by atoms with van der Waals surface area (Å²) >= 11 is 0. The molecule has 0 rings (SSSR count). The topological polar surface area (TPSA) is 32.3 Å². The number of aliphatic hydroxyl groups is 1. The van der Waals surface area contributed by atoms with Crippen LogP contribution in [0.2, 0.25) is 0 Å². The summed E-state index contributed by atoms with van der Waals surface area (Å²) < 4.78 is 0. The average molecular weight is 143 g/mol. The summed E-state index contributed by atoms with van der Waals surface area (Å²) in [6, 6.07) is 0.169. The maximum absolute atomic E-state index is 9.26. The van der Waals surface area contributed by atoms with Crippen molar-refractivity contribution >= 4 is 0 Å². The van der Waals surface area contributed by atoms with Crippen LogP contribution in [0.25, 0.3) is 0 Å². The Labute approximate surface area is 62.9 Å². The summed E-state index contributed by atoms with van der Waals surface area (Å²) in [5, 5.41) is 12.4. The molecular formula is C8H17NO. The highest BCUT2D eigenvalue weighted by Gasteiger charge is 2.08. The molecule has 0 aromatic heterocycles. The minimum absolute atomic E-state index is 0.169. The van der Waals surface area contributed by atoms with E-state index in [0.29, 0.717) is 0 Å². The maximum Gasteiger partial charge on any atom is 0.0687 e. The number of aliphatic hydroxyl groups excluding tert-OH is 1. The summed E-state index contributed by atoms with van der Waals surface area (Å²) in [5.74, 6) is 0.